The first-order valence-corrected chi connectivity index (χ1v) is 26.9. The normalized spacial score (nSPS) is 49.5. The van der Waals surface area contributed by atoms with E-state index in [2.05, 4.69) is 80.5 Å². The highest BCUT2D eigenvalue weighted by molar-refractivity contribution is 6.45. The van der Waals surface area contributed by atoms with Gasteiger partial charge in [0.05, 0.1) is 18.6 Å². The maximum atomic E-state index is 12.9. The number of carbonyl (C=O) groups excluding carboxylic acids is 5. The van der Waals surface area contributed by atoms with Crippen LogP contribution in [0, 0.1) is 76.8 Å². The van der Waals surface area contributed by atoms with E-state index in [1.54, 1.807) is 26.0 Å². The molecule has 0 spiro atoms. The molecule has 0 unspecified atom stereocenters. The lowest BCUT2D eigenvalue weighted by Gasteiger charge is -2.70. The fraction of sp³-hybridized carbons (Fsp3) is 0.717. The number of primary amides is 1. The van der Waals surface area contributed by atoms with Crippen LogP contribution in [0.15, 0.2) is 69.9 Å². The fourth-order valence-corrected chi connectivity index (χ4v) is 18.4. The molecule has 6 saturated carbocycles. The predicted molar refractivity (Wildman–Crippen MR) is 272 cm³/mol. The molecule has 6 fully saturated rings. The molecule has 0 saturated heterocycles. The molecule has 0 aromatic heterocycles. The molecule has 11 nitrogen and oxygen atoms in total. The minimum absolute atomic E-state index is 0.00679. The topological polar surface area (TPSA) is 204 Å². The first kappa shape index (κ1) is 52.1. The number of nitrogens with two attached hydrogens (primary N) is 1. The second-order valence-corrected chi connectivity index (χ2v) is 27.9. The van der Waals surface area contributed by atoms with Gasteiger partial charge in [0.1, 0.15) is 6.10 Å². The number of rotatable bonds is 4. The van der Waals surface area contributed by atoms with Crippen molar-refractivity contribution in [2.24, 2.45) is 82.5 Å². The number of amides is 2. The monoisotopic (exact) mass is 977 g/mol. The number of hydrogen-bond acceptors (Lipinski definition) is 9. The number of carbonyl (C=O) groups is 5. The molecule has 7 N–H and O–H groups in total. The number of allylic oxidation sites excluding steroid dienone is 9. The second kappa shape index (κ2) is 15.9. The van der Waals surface area contributed by atoms with Gasteiger partial charge in [-0.25, -0.2) is 5.48 Å². The Labute approximate surface area is 422 Å². The van der Waals surface area contributed by atoms with Crippen molar-refractivity contribution >= 4 is 29.2 Å². The Morgan fingerprint density at radius 3 is 1.49 bits per heavy atom. The van der Waals surface area contributed by atoms with E-state index in [0.717, 1.165) is 112 Å². The van der Waals surface area contributed by atoms with Gasteiger partial charge >= 0.3 is 0 Å². The van der Waals surface area contributed by atoms with Crippen molar-refractivity contribution in [3.05, 3.63) is 69.9 Å². The Bertz CT molecular complexity index is 2620. The zero-order valence-electron chi connectivity index (χ0n) is 44.9. The molecule has 2 amide bonds. The van der Waals surface area contributed by atoms with Crippen LogP contribution < -0.4 is 11.2 Å². The average molecular weight is 977 g/mol. The van der Waals surface area contributed by atoms with Crippen molar-refractivity contribution in [2.75, 3.05) is 13.2 Å². The molecule has 15 atom stereocenters. The van der Waals surface area contributed by atoms with Crippen LogP contribution in [0.1, 0.15) is 173 Å². The van der Waals surface area contributed by atoms with Crippen molar-refractivity contribution < 1.29 is 44.5 Å². The Balaban J connectivity index is 0.000000176. The van der Waals surface area contributed by atoms with Crippen molar-refractivity contribution in [2.45, 2.75) is 179 Å². The summed E-state index contributed by atoms with van der Waals surface area (Å²) in [7, 11) is 0. The first-order valence-electron chi connectivity index (χ1n) is 26.9. The highest BCUT2D eigenvalue weighted by Gasteiger charge is 2.70. The van der Waals surface area contributed by atoms with Crippen LogP contribution in [0.4, 0.5) is 0 Å². The second-order valence-electron chi connectivity index (χ2n) is 27.9. The number of aliphatic hydroxyl groups is 3. The van der Waals surface area contributed by atoms with Crippen LogP contribution in [0.2, 0.25) is 0 Å². The average Bonchev–Trinajstić information content (AvgIpc) is 3.33. The summed E-state index contributed by atoms with van der Waals surface area (Å²) in [4.78, 5) is 63.8. The first-order chi connectivity index (χ1) is 32.8. The molecule has 0 aromatic carbocycles. The molecule has 71 heavy (non-hydrogen) atoms. The minimum atomic E-state index is -1.23. The van der Waals surface area contributed by atoms with Gasteiger partial charge in [0.15, 0.2) is 5.78 Å². The lowest BCUT2D eigenvalue weighted by Crippen LogP contribution is -2.63. The van der Waals surface area contributed by atoms with E-state index in [-0.39, 0.29) is 74.1 Å². The molecule has 0 heterocycles. The summed E-state index contributed by atoms with van der Waals surface area (Å²) < 4.78 is 0. The third kappa shape index (κ3) is 6.55. The Hall–Kier alpha value is -3.77. The number of hydrogen-bond donors (Lipinski definition) is 6. The predicted octanol–water partition coefficient (Wildman–Crippen LogP) is 9.48. The van der Waals surface area contributed by atoms with Gasteiger partial charge in [-0.3, -0.25) is 29.2 Å². The number of Topliss-reactive ketones (excluding diaryl/α,β-unsaturated/α-hetero) is 1. The van der Waals surface area contributed by atoms with Gasteiger partial charge in [-0.05, 0) is 176 Å². The molecule has 0 aromatic rings. The highest BCUT2D eigenvalue weighted by Crippen LogP contribution is 2.78. The lowest BCUT2D eigenvalue weighted by molar-refractivity contribution is -0.173. The molecule has 0 radical (unpaired) electrons. The molecule has 10 rings (SSSR count). The zero-order chi connectivity index (χ0) is 52.3. The van der Waals surface area contributed by atoms with Crippen LogP contribution in [-0.2, 0) is 24.0 Å². The van der Waals surface area contributed by atoms with Crippen LogP contribution in [0.3, 0.4) is 0 Å². The van der Waals surface area contributed by atoms with E-state index < -0.39 is 39.3 Å². The van der Waals surface area contributed by atoms with E-state index in [9.17, 15) is 44.5 Å². The summed E-state index contributed by atoms with van der Waals surface area (Å²) in [5, 5.41) is 40.6. The van der Waals surface area contributed by atoms with Crippen molar-refractivity contribution in [1.29, 1.82) is 0 Å². The summed E-state index contributed by atoms with van der Waals surface area (Å²) in [6.45, 7) is 25.8. The van der Waals surface area contributed by atoms with Crippen molar-refractivity contribution in [3.8, 4) is 0 Å². The van der Waals surface area contributed by atoms with E-state index in [0.29, 0.717) is 11.8 Å². The molecule has 388 valence electrons. The molecule has 0 aliphatic heterocycles. The third-order valence-electron chi connectivity index (χ3n) is 24.5. The van der Waals surface area contributed by atoms with Crippen LogP contribution >= 0.6 is 0 Å². The van der Waals surface area contributed by atoms with Gasteiger partial charge in [0.2, 0.25) is 23.4 Å². The van der Waals surface area contributed by atoms with Gasteiger partial charge in [0, 0.05) is 27.1 Å². The Kier molecular flexibility index (Phi) is 11.7. The zero-order valence-corrected chi connectivity index (χ0v) is 44.9. The summed E-state index contributed by atoms with van der Waals surface area (Å²) in [6, 6.07) is 0. The van der Waals surface area contributed by atoms with E-state index in [1.807, 2.05) is 18.5 Å². The van der Waals surface area contributed by atoms with E-state index in [4.69, 9.17) is 5.73 Å². The van der Waals surface area contributed by atoms with Crippen LogP contribution in [-0.4, -0.2) is 69.0 Å². The number of hydroxylamine groups is 1. The van der Waals surface area contributed by atoms with Gasteiger partial charge in [0.25, 0.3) is 0 Å². The maximum Gasteiger partial charge on any atom is 0.249 e. The molecule has 10 aliphatic rings. The van der Waals surface area contributed by atoms with Crippen LogP contribution in [0.5, 0.6) is 0 Å². The van der Waals surface area contributed by atoms with E-state index >= 15 is 0 Å². The fourth-order valence-electron chi connectivity index (χ4n) is 18.4. The largest absolute Gasteiger partial charge is 0.395 e. The molecule has 10 aliphatic carbocycles. The summed E-state index contributed by atoms with van der Waals surface area (Å²) in [6.07, 6.45) is 23.7. The number of ketones is 3. The molecule has 11 heteroatoms. The number of nitrogens with one attached hydrogen (secondary N) is 1. The van der Waals surface area contributed by atoms with Gasteiger partial charge in [-0.2, -0.15) is 0 Å². The standard InChI is InChI=1S/C30H41NO5.C30H43NO4/c1-25-9-10-26(2,24(35)31-36)16-22(25)30(6)14-12-27(3)19-15-20(33)23(34)28(4,17-32)18(19)7-8-21(27)29(30,5)13-11-25;1-25-9-10-26(2,24(31)35)16-22(25)30(6)14-12-27(3)19-15-20(33)23(34)28(4,17-32)18(19)7-8-21(27)29(30,5)13-11-25/h7-8,15,22,32,36H,9-14,16-17H2,1-6H3,(H,31,35);7-8,15,22-23,32,34H,9-14,16-17H2,1-6H3,(H2,31,35)/t22-,25-,26-,27+,28+,29-,30+;22-,23+,25-,26-,27+,28+,29-,30+/m11/s1. The molecular weight excluding hydrogens is 893 g/mol. The summed E-state index contributed by atoms with van der Waals surface area (Å²) >= 11 is 0. The van der Waals surface area contributed by atoms with Gasteiger partial charge < -0.3 is 21.1 Å². The van der Waals surface area contributed by atoms with Crippen molar-refractivity contribution in [1.82, 2.24) is 5.48 Å². The third-order valence-corrected chi connectivity index (χ3v) is 24.5. The van der Waals surface area contributed by atoms with E-state index in [1.165, 1.54) is 11.1 Å². The van der Waals surface area contributed by atoms with Gasteiger partial charge in [-0.1, -0.05) is 112 Å². The highest BCUT2D eigenvalue weighted by atomic mass is 16.5. The SMILES string of the molecule is C[C@@]1(C(=O)NO)CC[C@]2(C)CC[C@]3(C)C4=CC=C5C(=CC(=O)C(=O)[C@@]5(C)CO)[C@]4(C)CC[C@@]3(C)[C@@H]2C1.C[C@@]1(C(N)=O)CC[C@]2(C)CC[C@]3(C)C4=CC=C5C(=CC(=O)[C@H](O)[C@@]5(C)CO)[C@]4(C)CC[C@@]3(C)[C@@H]2C1. The summed E-state index contributed by atoms with van der Waals surface area (Å²) in [5.41, 5.74) is 10.2. The summed E-state index contributed by atoms with van der Waals surface area (Å²) in [5.74, 6) is -1.13. The quantitative estimate of drug-likeness (QED) is 0.0901. The smallest absolute Gasteiger partial charge is 0.249 e. The Morgan fingerprint density at radius 2 is 1.03 bits per heavy atom. The maximum absolute atomic E-state index is 12.9. The molecule has 0 bridgehead atoms. The van der Waals surface area contributed by atoms with Crippen molar-refractivity contribution in [3.63, 3.8) is 0 Å². The van der Waals surface area contributed by atoms with Crippen LogP contribution in [0.25, 0.3) is 0 Å². The minimum Gasteiger partial charge on any atom is -0.395 e. The lowest BCUT2D eigenvalue weighted by atomic mass is 9.34. The molecular formula is C60H84N2O9. The van der Waals surface area contributed by atoms with Gasteiger partial charge in [-0.15, -0.1) is 0 Å². The Morgan fingerprint density at radius 1 is 0.577 bits per heavy atom. The number of aliphatic hydroxyl groups excluding tert-OH is 3. The number of fused-ring (bicyclic) bond motifs is 14.